The molecule has 0 unspecified atom stereocenters. The van der Waals surface area contributed by atoms with Crippen molar-refractivity contribution in [3.8, 4) is 100 Å². The van der Waals surface area contributed by atoms with Crippen molar-refractivity contribution < 1.29 is 0 Å². The fraction of sp³-hybridized carbons (Fsp3) is 0.0110. The number of hydrogen-bond acceptors (Lipinski definition) is 0. The van der Waals surface area contributed by atoms with Crippen LogP contribution in [-0.2, 0) is 5.41 Å². The Bertz CT molecular complexity index is 5650. The lowest BCUT2D eigenvalue weighted by Crippen LogP contribution is -2.28. The zero-order valence-corrected chi connectivity index (χ0v) is 51.0. The Balaban J connectivity index is 0.626. The van der Waals surface area contributed by atoms with Gasteiger partial charge in [-0.15, -0.1) is 0 Å². The summed E-state index contributed by atoms with van der Waals surface area (Å²) in [6.07, 6.45) is 0. The Kier molecular flexibility index (Phi) is 12.8. The van der Waals surface area contributed by atoms with Gasteiger partial charge in [0.15, 0.2) is 0 Å². The number of fused-ring (bicyclic) bond motifs is 9. The summed E-state index contributed by atoms with van der Waals surface area (Å²) in [7, 11) is 0. The summed E-state index contributed by atoms with van der Waals surface area (Å²) in [5.74, 6) is 0. The van der Waals surface area contributed by atoms with Gasteiger partial charge in [-0.3, -0.25) is 0 Å². The summed E-state index contributed by atoms with van der Waals surface area (Å²) in [6.45, 7) is 0. The highest BCUT2D eigenvalue weighted by atomic mass is 15.0. The maximum atomic E-state index is 2.44. The van der Waals surface area contributed by atoms with Crippen molar-refractivity contribution in [2.24, 2.45) is 0 Å². The van der Waals surface area contributed by atoms with Crippen molar-refractivity contribution in [3.63, 3.8) is 0 Å². The Morgan fingerprint density at radius 3 is 1.09 bits per heavy atom. The summed E-state index contributed by atoms with van der Waals surface area (Å²) >= 11 is 0. The van der Waals surface area contributed by atoms with Gasteiger partial charge in [-0.05, 0) is 166 Å². The van der Waals surface area contributed by atoms with Gasteiger partial charge in [0.2, 0.25) is 0 Å². The van der Waals surface area contributed by atoms with Gasteiger partial charge in [0.1, 0.15) is 0 Å². The first-order chi connectivity index (χ1) is 46.1. The summed E-state index contributed by atoms with van der Waals surface area (Å²) in [5, 5.41) is 4.95. The minimum Gasteiger partial charge on any atom is -0.309 e. The first-order valence-corrected chi connectivity index (χ1v) is 32.2. The summed E-state index contributed by atoms with van der Waals surface area (Å²) in [5.41, 5.74) is 31.0. The molecule has 0 aliphatic heterocycles. The third-order valence-corrected chi connectivity index (χ3v) is 19.7. The van der Waals surface area contributed by atoms with Crippen molar-refractivity contribution >= 4 is 43.6 Å². The lowest BCUT2D eigenvalue weighted by molar-refractivity contribution is 0.769. The quantitative estimate of drug-likeness (QED) is 0.122. The first kappa shape index (κ1) is 53.9. The molecule has 93 heavy (non-hydrogen) atoms. The van der Waals surface area contributed by atoms with E-state index in [2.05, 4.69) is 373 Å². The molecule has 0 saturated heterocycles. The largest absolute Gasteiger partial charge is 0.309 e. The van der Waals surface area contributed by atoms with E-state index < -0.39 is 5.41 Å². The second kappa shape index (κ2) is 22.1. The molecule has 2 heterocycles. The van der Waals surface area contributed by atoms with Crippen LogP contribution in [0.2, 0.25) is 0 Å². The molecular weight excluding hydrogens is 1120 g/mol. The number of benzene rings is 15. The predicted octanol–water partition coefficient (Wildman–Crippen LogP) is 23.9. The van der Waals surface area contributed by atoms with Crippen molar-refractivity contribution in [2.45, 2.75) is 5.41 Å². The van der Waals surface area contributed by atoms with E-state index in [4.69, 9.17) is 0 Å². The van der Waals surface area contributed by atoms with Gasteiger partial charge < -0.3 is 9.13 Å². The highest BCUT2D eigenvalue weighted by Gasteiger charge is 2.46. The van der Waals surface area contributed by atoms with E-state index >= 15 is 0 Å². The Morgan fingerprint density at radius 2 is 0.538 bits per heavy atom. The van der Waals surface area contributed by atoms with E-state index in [-0.39, 0.29) is 0 Å². The summed E-state index contributed by atoms with van der Waals surface area (Å²) in [4.78, 5) is 0. The Hall–Kier alpha value is -12.1. The molecule has 2 nitrogen and oxygen atoms in total. The molecule has 17 aromatic rings. The zero-order valence-electron chi connectivity index (χ0n) is 51.0. The molecule has 2 heteroatoms. The first-order valence-electron chi connectivity index (χ1n) is 32.2. The molecule has 0 N–H and O–H groups in total. The molecule has 0 bridgehead atoms. The maximum Gasteiger partial charge on any atom is 0.0713 e. The Labute approximate surface area is 541 Å². The topological polar surface area (TPSA) is 9.86 Å². The Morgan fingerprint density at radius 1 is 0.183 bits per heavy atom. The fourth-order valence-corrected chi connectivity index (χ4v) is 15.3. The molecular formula is C91H60N2. The van der Waals surface area contributed by atoms with E-state index in [0.29, 0.717) is 0 Å². The van der Waals surface area contributed by atoms with Crippen LogP contribution in [0, 0.1) is 0 Å². The van der Waals surface area contributed by atoms with Crippen LogP contribution in [0.15, 0.2) is 364 Å². The number of para-hydroxylation sites is 3. The molecule has 1 aliphatic carbocycles. The van der Waals surface area contributed by atoms with Crippen molar-refractivity contribution in [1.82, 2.24) is 9.13 Å². The van der Waals surface area contributed by atoms with Gasteiger partial charge in [-0.2, -0.15) is 0 Å². The van der Waals surface area contributed by atoms with Crippen LogP contribution < -0.4 is 0 Å². The molecule has 2 aromatic heterocycles. The standard InChI is InChI=1S/C91H60N2/c1-3-20-66(21-4-1)75-26-7-8-27-76(75)68-46-52-72(53-47-68)91(84-33-14-9-29-78(84)79-30-10-15-34-85(79)91)73-25-19-24-69(58-73)65-44-42-62(43-45-65)61-38-40-63(41-39-61)64-48-54-74(55-49-64)92-87-36-17-12-31-80(87)82-59-70(50-56-89(82)92)71-51-57-90-83(60-71)81-32-13-18-37-88(81)93(90)86-35-16-11-28-77(86)67-22-5-2-6-23-67/h1-60H. The smallest absolute Gasteiger partial charge is 0.0713 e. The monoisotopic (exact) mass is 1180 g/mol. The second-order valence-electron chi connectivity index (χ2n) is 24.7. The van der Waals surface area contributed by atoms with Crippen molar-refractivity contribution in [1.29, 1.82) is 0 Å². The molecule has 0 fully saturated rings. The van der Waals surface area contributed by atoms with Gasteiger partial charge in [-0.1, -0.05) is 303 Å². The third-order valence-electron chi connectivity index (χ3n) is 19.7. The van der Waals surface area contributed by atoms with Crippen LogP contribution >= 0.6 is 0 Å². The van der Waals surface area contributed by atoms with Crippen LogP contribution in [-0.4, -0.2) is 9.13 Å². The molecule has 15 aromatic carbocycles. The number of aromatic nitrogens is 2. The fourth-order valence-electron chi connectivity index (χ4n) is 15.3. The van der Waals surface area contributed by atoms with Crippen molar-refractivity contribution in [2.75, 3.05) is 0 Å². The van der Waals surface area contributed by atoms with Crippen LogP contribution in [0.3, 0.4) is 0 Å². The van der Waals surface area contributed by atoms with Gasteiger partial charge in [0.25, 0.3) is 0 Å². The van der Waals surface area contributed by atoms with Gasteiger partial charge in [0.05, 0.1) is 33.2 Å². The van der Waals surface area contributed by atoms with Crippen LogP contribution in [0.5, 0.6) is 0 Å². The highest BCUT2D eigenvalue weighted by Crippen LogP contribution is 2.57. The molecule has 434 valence electrons. The SMILES string of the molecule is c1ccc(-c2ccccc2-c2ccc(C3(c4cccc(-c5ccc(-c6ccc(-c7ccc(-n8c9ccccc9c9cc(-c%10ccc%11c(c%10)c%10ccccc%10n%11-c%10ccccc%10-c%10ccccc%10)ccc98)cc7)cc6)cc5)c4)c4ccccc4-c4ccccc43)cc2)cc1. The normalized spacial score (nSPS) is 12.4. The van der Waals surface area contributed by atoms with Gasteiger partial charge in [0, 0.05) is 32.8 Å². The third kappa shape index (κ3) is 8.86. The summed E-state index contributed by atoms with van der Waals surface area (Å²) < 4.78 is 4.85. The molecule has 0 atom stereocenters. The molecule has 1 aliphatic rings. The molecule has 18 rings (SSSR count). The second-order valence-corrected chi connectivity index (χ2v) is 24.7. The molecule has 0 saturated carbocycles. The van der Waals surface area contributed by atoms with Crippen LogP contribution in [0.4, 0.5) is 0 Å². The minimum atomic E-state index is -0.528. The molecule has 0 amide bonds. The minimum absolute atomic E-state index is 0.528. The summed E-state index contributed by atoms with van der Waals surface area (Å²) in [6, 6.07) is 134. The molecule has 0 radical (unpaired) electrons. The van der Waals surface area contributed by atoms with Crippen LogP contribution in [0.1, 0.15) is 22.3 Å². The average Bonchev–Trinajstić information content (AvgIpc) is 1.58. The zero-order chi connectivity index (χ0) is 61.4. The lowest BCUT2D eigenvalue weighted by Gasteiger charge is -2.34. The lowest BCUT2D eigenvalue weighted by atomic mass is 9.67. The van der Waals surface area contributed by atoms with Crippen molar-refractivity contribution in [3.05, 3.63) is 386 Å². The maximum absolute atomic E-state index is 2.44. The average molecular weight is 1180 g/mol. The number of hydrogen-bond donors (Lipinski definition) is 0. The van der Waals surface area contributed by atoms with E-state index in [1.165, 1.54) is 161 Å². The number of nitrogens with zero attached hydrogens (tertiary/aromatic N) is 2. The van der Waals surface area contributed by atoms with E-state index in [1.54, 1.807) is 0 Å². The van der Waals surface area contributed by atoms with E-state index in [9.17, 15) is 0 Å². The number of rotatable bonds is 11. The molecule has 0 spiro atoms. The van der Waals surface area contributed by atoms with Gasteiger partial charge >= 0.3 is 0 Å². The van der Waals surface area contributed by atoms with E-state index in [1.807, 2.05) is 0 Å². The van der Waals surface area contributed by atoms with Crippen LogP contribution in [0.25, 0.3) is 144 Å². The van der Waals surface area contributed by atoms with E-state index in [0.717, 1.165) is 5.69 Å². The van der Waals surface area contributed by atoms with Gasteiger partial charge in [-0.25, -0.2) is 0 Å². The highest BCUT2D eigenvalue weighted by molar-refractivity contribution is 6.13. The predicted molar refractivity (Wildman–Crippen MR) is 390 cm³/mol.